The van der Waals surface area contributed by atoms with Gasteiger partial charge in [-0.25, -0.2) is 4.99 Å². The van der Waals surface area contributed by atoms with Gasteiger partial charge in [0.05, 0.1) is 18.2 Å². The van der Waals surface area contributed by atoms with Gasteiger partial charge in [-0.2, -0.15) is 0 Å². The Morgan fingerprint density at radius 1 is 1.25 bits per heavy atom. The maximum Gasteiger partial charge on any atom is 0.282 e. The number of phenolic OH excluding ortho intramolecular Hbond substituents is 1. The molecule has 100 valence electrons. The van der Waals surface area contributed by atoms with Gasteiger partial charge < -0.3 is 9.52 Å². The molecule has 3 rings (SSSR count). The van der Waals surface area contributed by atoms with E-state index >= 15 is 0 Å². The van der Waals surface area contributed by atoms with Crippen molar-refractivity contribution >= 4 is 23.5 Å². The van der Waals surface area contributed by atoms with Gasteiger partial charge in [0.2, 0.25) is 0 Å². The van der Waals surface area contributed by atoms with Crippen LogP contribution in [-0.4, -0.2) is 16.8 Å². The van der Waals surface area contributed by atoms with Crippen molar-refractivity contribution in [2.45, 2.75) is 6.92 Å². The second kappa shape index (κ2) is 4.70. The van der Waals surface area contributed by atoms with Gasteiger partial charge in [-0.05, 0) is 43.3 Å². The molecule has 2 aromatic rings. The first kappa shape index (κ1) is 12.2. The van der Waals surface area contributed by atoms with Crippen LogP contribution in [0.25, 0.3) is 6.08 Å². The summed E-state index contributed by atoms with van der Waals surface area (Å²) in [5.41, 5.74) is 1.82. The molecule has 1 aliphatic heterocycles. The van der Waals surface area contributed by atoms with Gasteiger partial charge in [0.25, 0.3) is 5.91 Å². The van der Waals surface area contributed by atoms with Crippen molar-refractivity contribution < 1.29 is 14.3 Å². The number of furan rings is 1. The predicted molar refractivity (Wildman–Crippen MR) is 75.4 cm³/mol. The lowest BCUT2D eigenvalue weighted by Crippen LogP contribution is -2.30. The molecule has 0 unspecified atom stereocenters. The van der Waals surface area contributed by atoms with E-state index in [1.54, 1.807) is 43.7 Å². The first-order chi connectivity index (χ1) is 9.65. The van der Waals surface area contributed by atoms with E-state index in [0.29, 0.717) is 17.2 Å². The molecule has 1 N–H and O–H groups in total. The highest BCUT2D eigenvalue weighted by atomic mass is 16.3. The number of anilines is 1. The largest absolute Gasteiger partial charge is 0.508 e. The van der Waals surface area contributed by atoms with E-state index in [1.807, 2.05) is 0 Å². The molecule has 1 aliphatic rings. The number of carbonyl (C=O) groups is 1. The van der Waals surface area contributed by atoms with Crippen molar-refractivity contribution in [2.24, 2.45) is 4.99 Å². The molecule has 0 saturated carbocycles. The van der Waals surface area contributed by atoms with Crippen molar-refractivity contribution in [1.29, 1.82) is 0 Å². The van der Waals surface area contributed by atoms with Crippen LogP contribution >= 0.6 is 0 Å². The number of amidine groups is 1. The smallest absolute Gasteiger partial charge is 0.282 e. The molecular formula is C15H12N2O3. The van der Waals surface area contributed by atoms with Gasteiger partial charge in [-0.15, -0.1) is 0 Å². The number of amides is 1. The summed E-state index contributed by atoms with van der Waals surface area (Å²) in [7, 11) is 0. The predicted octanol–water partition coefficient (Wildman–Crippen LogP) is 2.79. The summed E-state index contributed by atoms with van der Waals surface area (Å²) in [6, 6.07) is 8.18. The fourth-order valence-corrected chi connectivity index (χ4v) is 2.05. The van der Waals surface area contributed by atoms with Crippen molar-refractivity contribution in [3.63, 3.8) is 0 Å². The Hall–Kier alpha value is -2.82. The number of phenols is 1. The molecule has 2 heterocycles. The van der Waals surface area contributed by atoms with Crippen LogP contribution in [0.5, 0.6) is 5.75 Å². The van der Waals surface area contributed by atoms with E-state index in [-0.39, 0.29) is 11.7 Å². The fourth-order valence-electron chi connectivity index (χ4n) is 2.05. The van der Waals surface area contributed by atoms with Crippen LogP contribution in [0.1, 0.15) is 12.5 Å². The van der Waals surface area contributed by atoms with Gasteiger partial charge in [-0.3, -0.25) is 9.69 Å². The first-order valence-electron chi connectivity index (χ1n) is 6.08. The molecule has 1 aromatic heterocycles. The number of hydrogen-bond acceptors (Lipinski definition) is 4. The number of aliphatic imine (C=N–C) groups is 1. The Kier molecular flexibility index (Phi) is 2.87. The lowest BCUT2D eigenvalue weighted by Gasteiger charge is -2.15. The minimum absolute atomic E-state index is 0.157. The third-order valence-electron chi connectivity index (χ3n) is 2.98. The molecule has 20 heavy (non-hydrogen) atoms. The van der Waals surface area contributed by atoms with E-state index in [0.717, 1.165) is 5.56 Å². The van der Waals surface area contributed by atoms with Crippen LogP contribution < -0.4 is 4.90 Å². The summed E-state index contributed by atoms with van der Waals surface area (Å²) >= 11 is 0. The van der Waals surface area contributed by atoms with Crippen molar-refractivity contribution in [1.82, 2.24) is 0 Å². The highest BCUT2D eigenvalue weighted by Gasteiger charge is 2.28. The molecule has 5 nitrogen and oxygen atoms in total. The van der Waals surface area contributed by atoms with Crippen molar-refractivity contribution in [2.75, 3.05) is 4.90 Å². The zero-order valence-electron chi connectivity index (χ0n) is 10.8. The lowest BCUT2D eigenvalue weighted by molar-refractivity contribution is -0.113. The maximum absolute atomic E-state index is 12.4. The number of hydrogen-bond donors (Lipinski definition) is 1. The Balaban J connectivity index is 1.94. The number of rotatable bonds is 2. The third-order valence-corrected chi connectivity index (χ3v) is 2.98. The molecule has 0 atom stereocenters. The number of benzene rings is 1. The summed E-state index contributed by atoms with van der Waals surface area (Å²) in [5, 5.41) is 9.30. The van der Waals surface area contributed by atoms with Crippen LogP contribution in [0.2, 0.25) is 0 Å². The molecule has 1 aromatic carbocycles. The van der Waals surface area contributed by atoms with E-state index in [9.17, 15) is 9.90 Å². The van der Waals surface area contributed by atoms with E-state index in [1.165, 1.54) is 17.0 Å². The van der Waals surface area contributed by atoms with E-state index < -0.39 is 0 Å². The zero-order chi connectivity index (χ0) is 14.1. The third kappa shape index (κ3) is 2.09. The summed E-state index contributed by atoms with van der Waals surface area (Å²) in [5.74, 6) is 0.550. The topological polar surface area (TPSA) is 66.0 Å². The Morgan fingerprint density at radius 2 is 2.00 bits per heavy atom. The molecule has 0 bridgehead atoms. The molecule has 5 heteroatoms. The summed E-state index contributed by atoms with van der Waals surface area (Å²) in [6.07, 6.45) is 4.77. The molecule has 1 amide bonds. The summed E-state index contributed by atoms with van der Waals surface area (Å²) in [6.45, 7) is 1.76. The summed E-state index contributed by atoms with van der Waals surface area (Å²) in [4.78, 5) is 18.2. The molecule has 0 aliphatic carbocycles. The van der Waals surface area contributed by atoms with Crippen molar-refractivity contribution in [3.05, 3.63) is 54.1 Å². The first-order valence-corrected chi connectivity index (χ1v) is 6.08. The second-order valence-corrected chi connectivity index (χ2v) is 4.40. The molecule has 0 spiro atoms. The minimum Gasteiger partial charge on any atom is -0.508 e. The maximum atomic E-state index is 12.4. The average molecular weight is 268 g/mol. The van der Waals surface area contributed by atoms with Crippen LogP contribution in [0.3, 0.4) is 0 Å². The fraction of sp³-hybridized carbons (Fsp3) is 0.0667. The second-order valence-electron chi connectivity index (χ2n) is 4.40. The van der Waals surface area contributed by atoms with Gasteiger partial charge in [0, 0.05) is 5.56 Å². The Labute approximate surface area is 115 Å². The number of carbonyl (C=O) groups excluding carboxylic acids is 1. The van der Waals surface area contributed by atoms with E-state index in [4.69, 9.17) is 4.42 Å². The monoisotopic (exact) mass is 268 g/mol. The average Bonchev–Trinajstić information content (AvgIpc) is 3.02. The van der Waals surface area contributed by atoms with Crippen LogP contribution in [0, 0.1) is 0 Å². The van der Waals surface area contributed by atoms with Crippen LogP contribution in [0.15, 0.2) is 58.0 Å². The number of nitrogens with zero attached hydrogens (tertiary/aromatic N) is 2. The Morgan fingerprint density at radius 3 is 2.65 bits per heavy atom. The van der Waals surface area contributed by atoms with Gasteiger partial charge in [0.1, 0.15) is 17.3 Å². The minimum atomic E-state index is -0.200. The van der Waals surface area contributed by atoms with Gasteiger partial charge in [-0.1, -0.05) is 0 Å². The van der Waals surface area contributed by atoms with Gasteiger partial charge in [0.15, 0.2) is 0 Å². The normalized spacial score (nSPS) is 16.9. The number of aromatic hydroxyl groups is 1. The van der Waals surface area contributed by atoms with Crippen LogP contribution in [0.4, 0.5) is 5.69 Å². The molecule has 0 fully saturated rings. The van der Waals surface area contributed by atoms with E-state index in [2.05, 4.69) is 4.99 Å². The van der Waals surface area contributed by atoms with Crippen molar-refractivity contribution in [3.8, 4) is 5.75 Å². The molecule has 0 radical (unpaired) electrons. The highest BCUT2D eigenvalue weighted by molar-refractivity contribution is 6.28. The highest BCUT2D eigenvalue weighted by Crippen LogP contribution is 2.26. The lowest BCUT2D eigenvalue weighted by atomic mass is 10.2. The zero-order valence-corrected chi connectivity index (χ0v) is 10.8. The Bertz CT molecular complexity index is 697. The summed E-state index contributed by atoms with van der Waals surface area (Å²) < 4.78 is 4.97. The molecular weight excluding hydrogens is 256 g/mol. The van der Waals surface area contributed by atoms with Crippen LogP contribution in [-0.2, 0) is 4.79 Å². The SMILES string of the molecule is CC1=N/C(=C\c2ccoc2)C(=O)N1c1ccc(O)cc1. The standard InChI is InChI=1S/C15H12N2O3/c1-10-16-14(8-11-6-7-20-9-11)15(19)17(10)12-2-4-13(18)5-3-12/h2-9,18H,1H3/b14-8-. The van der Waals surface area contributed by atoms with Gasteiger partial charge >= 0.3 is 0 Å². The molecule has 0 saturated heterocycles. The quantitative estimate of drug-likeness (QED) is 0.852.